The number of carbonyl (C=O) groups is 1. The van der Waals surface area contributed by atoms with E-state index in [1.807, 2.05) is 25.1 Å². The molecule has 5 heteroatoms. The molecule has 0 aliphatic heterocycles. The quantitative estimate of drug-likeness (QED) is 0.717. The lowest BCUT2D eigenvalue weighted by Gasteiger charge is -2.30. The third-order valence-corrected chi connectivity index (χ3v) is 4.02. The van der Waals surface area contributed by atoms with E-state index in [0.717, 1.165) is 18.0 Å². The van der Waals surface area contributed by atoms with Crippen LogP contribution in [-0.4, -0.2) is 28.2 Å². The minimum Gasteiger partial charge on any atom is -0.368 e. The van der Waals surface area contributed by atoms with Gasteiger partial charge < -0.3 is 11.1 Å². The van der Waals surface area contributed by atoms with E-state index in [1.165, 1.54) is 0 Å². The highest BCUT2D eigenvalue weighted by molar-refractivity contribution is 7.99. The number of primary amides is 1. The van der Waals surface area contributed by atoms with Gasteiger partial charge in [-0.1, -0.05) is 19.9 Å². The fraction of sp³-hybridized carbons (Fsp3) is 0.571. The van der Waals surface area contributed by atoms with Crippen molar-refractivity contribution in [2.24, 2.45) is 5.73 Å². The Morgan fingerprint density at radius 1 is 1.58 bits per heavy atom. The van der Waals surface area contributed by atoms with Gasteiger partial charge in [0, 0.05) is 11.4 Å². The van der Waals surface area contributed by atoms with Gasteiger partial charge in [-0.25, -0.2) is 4.98 Å². The van der Waals surface area contributed by atoms with Gasteiger partial charge in [0.25, 0.3) is 0 Å². The fourth-order valence-corrected chi connectivity index (χ4v) is 3.01. The molecule has 1 aromatic heterocycles. The monoisotopic (exact) mass is 281 g/mol. The van der Waals surface area contributed by atoms with Crippen molar-refractivity contribution in [1.82, 2.24) is 10.3 Å². The van der Waals surface area contributed by atoms with Crippen LogP contribution in [-0.2, 0) is 4.79 Å². The number of hydrogen-bond donors (Lipinski definition) is 2. The molecule has 0 aromatic carbocycles. The first-order chi connectivity index (χ1) is 8.98. The predicted octanol–water partition coefficient (Wildman–Crippen LogP) is 2.20. The summed E-state index contributed by atoms with van der Waals surface area (Å²) in [5.74, 6) is -0.297. The molecule has 0 radical (unpaired) electrons. The Balaban J connectivity index is 2.61. The average molecular weight is 281 g/mol. The van der Waals surface area contributed by atoms with Gasteiger partial charge in [-0.2, -0.15) is 0 Å². The Morgan fingerprint density at radius 2 is 2.32 bits per heavy atom. The second kappa shape index (κ2) is 7.50. The first-order valence-corrected chi connectivity index (χ1v) is 7.48. The van der Waals surface area contributed by atoms with Gasteiger partial charge in [0.1, 0.15) is 0 Å². The fourth-order valence-electron chi connectivity index (χ4n) is 1.90. The lowest BCUT2D eigenvalue weighted by atomic mass is 9.95. The number of amides is 1. The molecule has 2 unspecified atom stereocenters. The zero-order valence-electron chi connectivity index (χ0n) is 11.8. The van der Waals surface area contributed by atoms with Gasteiger partial charge in [-0.05, 0) is 38.4 Å². The minimum atomic E-state index is -0.656. The van der Waals surface area contributed by atoms with Gasteiger partial charge in [0.05, 0.1) is 10.6 Å². The Bertz CT molecular complexity index is 399. The summed E-state index contributed by atoms with van der Waals surface area (Å²) >= 11 is 1.66. The third-order valence-electron chi connectivity index (χ3n) is 2.96. The van der Waals surface area contributed by atoms with Crippen LogP contribution in [0.4, 0.5) is 0 Å². The number of hydrogen-bond acceptors (Lipinski definition) is 4. The zero-order valence-corrected chi connectivity index (χ0v) is 12.7. The van der Waals surface area contributed by atoms with Crippen LogP contribution in [0.2, 0.25) is 0 Å². The molecule has 0 saturated carbocycles. The summed E-state index contributed by atoms with van der Waals surface area (Å²) < 4.78 is 0. The van der Waals surface area contributed by atoms with Gasteiger partial charge in [-0.15, -0.1) is 11.8 Å². The third kappa shape index (κ3) is 5.20. The molecule has 3 N–H and O–H groups in total. The van der Waals surface area contributed by atoms with Crippen molar-refractivity contribution in [2.45, 2.75) is 49.4 Å². The number of nitrogens with zero attached hydrogens (tertiary/aromatic N) is 1. The largest absolute Gasteiger partial charge is 0.368 e. The van der Waals surface area contributed by atoms with Crippen LogP contribution in [0.25, 0.3) is 0 Å². The van der Waals surface area contributed by atoms with E-state index in [-0.39, 0.29) is 11.2 Å². The smallest absolute Gasteiger partial charge is 0.237 e. The van der Waals surface area contributed by atoms with Gasteiger partial charge in [0.2, 0.25) is 5.91 Å². The van der Waals surface area contributed by atoms with Crippen molar-refractivity contribution in [3.8, 4) is 0 Å². The molecule has 19 heavy (non-hydrogen) atoms. The maximum atomic E-state index is 11.6. The summed E-state index contributed by atoms with van der Waals surface area (Å²) in [4.78, 5) is 15.9. The summed E-state index contributed by atoms with van der Waals surface area (Å²) in [7, 11) is 0. The molecule has 1 rings (SSSR count). The van der Waals surface area contributed by atoms with Crippen LogP contribution in [0.15, 0.2) is 29.4 Å². The highest BCUT2D eigenvalue weighted by atomic mass is 32.2. The SMILES string of the molecule is CCCNC(C)(CC(C)Sc1ccccn1)C(N)=O. The number of rotatable bonds is 8. The molecule has 0 aliphatic rings. The topological polar surface area (TPSA) is 68.0 Å². The molecule has 0 bridgehead atoms. The van der Waals surface area contributed by atoms with E-state index in [2.05, 4.69) is 24.1 Å². The molecule has 1 heterocycles. The van der Waals surface area contributed by atoms with Crippen molar-refractivity contribution >= 4 is 17.7 Å². The van der Waals surface area contributed by atoms with E-state index in [4.69, 9.17) is 5.73 Å². The van der Waals surface area contributed by atoms with E-state index in [1.54, 1.807) is 18.0 Å². The van der Waals surface area contributed by atoms with E-state index in [9.17, 15) is 4.79 Å². The molecule has 106 valence electrons. The molecule has 0 saturated heterocycles. The van der Waals surface area contributed by atoms with Crippen LogP contribution in [0.3, 0.4) is 0 Å². The summed E-state index contributed by atoms with van der Waals surface area (Å²) in [6.07, 6.45) is 3.44. The molecule has 0 spiro atoms. The van der Waals surface area contributed by atoms with Crippen LogP contribution in [0.5, 0.6) is 0 Å². The van der Waals surface area contributed by atoms with Crippen LogP contribution < -0.4 is 11.1 Å². The van der Waals surface area contributed by atoms with Crippen molar-refractivity contribution in [1.29, 1.82) is 0 Å². The second-order valence-corrected chi connectivity index (χ2v) is 6.38. The Labute approximate surface area is 119 Å². The van der Waals surface area contributed by atoms with Crippen molar-refractivity contribution in [2.75, 3.05) is 6.54 Å². The summed E-state index contributed by atoms with van der Waals surface area (Å²) in [5, 5.41) is 4.48. The number of nitrogens with one attached hydrogen (secondary N) is 1. The molecular weight excluding hydrogens is 258 g/mol. The summed E-state index contributed by atoms with van der Waals surface area (Å²) in [5.41, 5.74) is 4.87. The number of aromatic nitrogens is 1. The Morgan fingerprint density at radius 3 is 2.84 bits per heavy atom. The lowest BCUT2D eigenvalue weighted by molar-refractivity contribution is -0.124. The molecule has 1 amide bonds. The molecule has 0 aliphatic carbocycles. The second-order valence-electron chi connectivity index (χ2n) is 4.92. The maximum absolute atomic E-state index is 11.6. The molecule has 1 aromatic rings. The van der Waals surface area contributed by atoms with Gasteiger partial charge in [-0.3, -0.25) is 4.79 Å². The highest BCUT2D eigenvalue weighted by Crippen LogP contribution is 2.27. The van der Waals surface area contributed by atoms with E-state index in [0.29, 0.717) is 6.42 Å². The molecule has 4 nitrogen and oxygen atoms in total. The van der Waals surface area contributed by atoms with E-state index < -0.39 is 5.54 Å². The highest BCUT2D eigenvalue weighted by Gasteiger charge is 2.32. The number of pyridine rings is 1. The number of thioether (sulfide) groups is 1. The Kier molecular flexibility index (Phi) is 6.31. The lowest BCUT2D eigenvalue weighted by Crippen LogP contribution is -2.54. The van der Waals surface area contributed by atoms with Gasteiger partial charge >= 0.3 is 0 Å². The van der Waals surface area contributed by atoms with Crippen molar-refractivity contribution in [3.05, 3.63) is 24.4 Å². The van der Waals surface area contributed by atoms with Gasteiger partial charge in [0.15, 0.2) is 0 Å². The number of carbonyl (C=O) groups excluding carboxylic acids is 1. The predicted molar refractivity (Wildman–Crippen MR) is 80.1 cm³/mol. The first-order valence-electron chi connectivity index (χ1n) is 6.60. The zero-order chi connectivity index (χ0) is 14.3. The molecule has 2 atom stereocenters. The van der Waals surface area contributed by atoms with Crippen LogP contribution in [0.1, 0.15) is 33.6 Å². The van der Waals surface area contributed by atoms with Crippen molar-refractivity contribution in [3.63, 3.8) is 0 Å². The average Bonchev–Trinajstić information content (AvgIpc) is 2.37. The van der Waals surface area contributed by atoms with E-state index >= 15 is 0 Å². The molecule has 0 fully saturated rings. The minimum absolute atomic E-state index is 0.261. The summed E-state index contributed by atoms with van der Waals surface area (Å²) in [6, 6.07) is 5.83. The maximum Gasteiger partial charge on any atom is 0.237 e. The normalized spacial score (nSPS) is 15.7. The number of nitrogens with two attached hydrogens (primary N) is 1. The first kappa shape index (κ1) is 16.0. The Hall–Kier alpha value is -1.07. The van der Waals surface area contributed by atoms with Crippen LogP contribution >= 0.6 is 11.8 Å². The summed E-state index contributed by atoms with van der Waals surface area (Å²) in [6.45, 7) is 6.83. The van der Waals surface area contributed by atoms with Crippen molar-refractivity contribution < 1.29 is 4.79 Å². The van der Waals surface area contributed by atoms with Crippen LogP contribution in [0, 0.1) is 0 Å². The standard InChI is InChI=1S/C14H23N3OS/c1-4-8-17-14(3,13(15)18)10-11(2)19-12-7-5-6-9-16-12/h5-7,9,11,17H,4,8,10H2,1-3H3,(H2,15,18). The molecular formula is C14H23N3OS.